The molecule has 1 aliphatic carbocycles. The minimum Gasteiger partial charge on any atom is -0.380 e. The van der Waals surface area contributed by atoms with E-state index < -0.39 is 47.1 Å². The van der Waals surface area contributed by atoms with Crippen molar-refractivity contribution < 1.29 is 27.9 Å². The zero-order valence-electron chi connectivity index (χ0n) is 11.6. The molecule has 8 heteroatoms. The number of amides is 2. The van der Waals surface area contributed by atoms with E-state index in [0.29, 0.717) is 18.9 Å². The van der Waals surface area contributed by atoms with Crippen LogP contribution in [0.1, 0.15) is 25.7 Å². The van der Waals surface area contributed by atoms with Crippen LogP contribution in [0.2, 0.25) is 0 Å². The first kappa shape index (κ1) is 16.3. The molecule has 1 aromatic carbocycles. The normalized spacial score (nSPS) is 16.4. The van der Waals surface area contributed by atoms with Gasteiger partial charge in [0.15, 0.2) is 17.5 Å². The Morgan fingerprint density at radius 2 is 1.77 bits per heavy atom. The molecule has 1 aromatic rings. The Labute approximate surface area is 124 Å². The number of anilines is 1. The highest BCUT2D eigenvalue weighted by Crippen LogP contribution is 2.29. The molecule has 2 rings (SSSR count). The van der Waals surface area contributed by atoms with Crippen LogP contribution in [0, 0.1) is 17.5 Å². The molecule has 0 atom stereocenters. The van der Waals surface area contributed by atoms with Crippen LogP contribution in [0.25, 0.3) is 0 Å². The molecule has 1 saturated carbocycles. The molecular weight excluding hydrogens is 301 g/mol. The van der Waals surface area contributed by atoms with Gasteiger partial charge < -0.3 is 15.7 Å². The van der Waals surface area contributed by atoms with Crippen LogP contribution in [-0.2, 0) is 9.59 Å². The van der Waals surface area contributed by atoms with E-state index in [2.05, 4.69) is 5.32 Å². The van der Waals surface area contributed by atoms with Crippen LogP contribution in [0.5, 0.6) is 0 Å². The summed E-state index contributed by atoms with van der Waals surface area (Å²) in [5.41, 5.74) is -2.01. The average Bonchev–Trinajstić information content (AvgIpc) is 2.93. The third-order valence-corrected chi connectivity index (χ3v) is 3.57. The van der Waals surface area contributed by atoms with Crippen LogP contribution in [0.4, 0.5) is 18.9 Å². The van der Waals surface area contributed by atoms with Crippen molar-refractivity contribution in [2.24, 2.45) is 0 Å². The van der Waals surface area contributed by atoms with Gasteiger partial charge in [0.1, 0.15) is 5.60 Å². The summed E-state index contributed by atoms with van der Waals surface area (Å²) in [4.78, 5) is 23.4. The molecule has 0 radical (unpaired) electrons. The maximum Gasteiger partial charge on any atom is 0.252 e. The van der Waals surface area contributed by atoms with Gasteiger partial charge in [-0.15, -0.1) is 0 Å². The van der Waals surface area contributed by atoms with Crippen molar-refractivity contribution in [3.8, 4) is 0 Å². The molecule has 2 amide bonds. The number of nitrogens with one attached hydrogen (secondary N) is 2. The van der Waals surface area contributed by atoms with Crippen LogP contribution >= 0.6 is 0 Å². The predicted molar refractivity (Wildman–Crippen MR) is 71.4 cm³/mol. The minimum atomic E-state index is -1.69. The van der Waals surface area contributed by atoms with E-state index in [-0.39, 0.29) is 0 Å². The van der Waals surface area contributed by atoms with Gasteiger partial charge in [0.25, 0.3) is 5.91 Å². The quantitative estimate of drug-likeness (QED) is 0.736. The van der Waals surface area contributed by atoms with Gasteiger partial charge in [0.05, 0.1) is 12.2 Å². The number of hydrogen-bond donors (Lipinski definition) is 3. The van der Waals surface area contributed by atoms with Gasteiger partial charge in [-0.05, 0) is 37.8 Å². The monoisotopic (exact) mass is 316 g/mol. The number of carbonyl (C=O) groups is 2. The Balaban J connectivity index is 1.91. The van der Waals surface area contributed by atoms with E-state index in [0.717, 1.165) is 18.9 Å². The average molecular weight is 316 g/mol. The van der Waals surface area contributed by atoms with Crippen molar-refractivity contribution in [3.63, 3.8) is 0 Å². The van der Waals surface area contributed by atoms with Crippen molar-refractivity contribution in [3.05, 3.63) is 29.6 Å². The molecule has 1 aliphatic rings. The molecule has 0 spiro atoms. The molecule has 22 heavy (non-hydrogen) atoms. The lowest BCUT2D eigenvalue weighted by Crippen LogP contribution is -2.47. The van der Waals surface area contributed by atoms with Crippen molar-refractivity contribution in [2.75, 3.05) is 11.9 Å². The standard InChI is InChI=1S/C14H15F3N2O3/c15-8-3-4-9(12(17)11(8)16)19-10(20)7-18-13(21)14(22)5-1-2-6-14/h3-4,22H,1-2,5-7H2,(H,18,21)(H,19,20). The first-order valence-corrected chi connectivity index (χ1v) is 6.77. The fourth-order valence-corrected chi connectivity index (χ4v) is 2.33. The summed E-state index contributed by atoms with van der Waals surface area (Å²) in [6.07, 6.45) is 2.07. The lowest BCUT2D eigenvalue weighted by molar-refractivity contribution is -0.140. The molecule has 0 aromatic heterocycles. The second-order valence-corrected chi connectivity index (χ2v) is 5.19. The minimum absolute atomic E-state index is 0.318. The number of halogens is 3. The summed E-state index contributed by atoms with van der Waals surface area (Å²) in [7, 11) is 0. The topological polar surface area (TPSA) is 78.4 Å². The van der Waals surface area contributed by atoms with Gasteiger partial charge >= 0.3 is 0 Å². The fourth-order valence-electron chi connectivity index (χ4n) is 2.33. The van der Waals surface area contributed by atoms with E-state index in [1.807, 2.05) is 5.32 Å². The Morgan fingerprint density at radius 1 is 1.14 bits per heavy atom. The maximum atomic E-state index is 13.4. The zero-order valence-corrected chi connectivity index (χ0v) is 11.6. The zero-order chi connectivity index (χ0) is 16.3. The molecule has 0 heterocycles. The van der Waals surface area contributed by atoms with E-state index in [4.69, 9.17) is 0 Å². The third-order valence-electron chi connectivity index (χ3n) is 3.57. The Bertz CT molecular complexity index is 601. The summed E-state index contributed by atoms with van der Waals surface area (Å²) < 4.78 is 39.1. The van der Waals surface area contributed by atoms with Gasteiger partial charge in [-0.25, -0.2) is 13.2 Å². The summed E-state index contributed by atoms with van der Waals surface area (Å²) in [5.74, 6) is -6.07. The highest BCUT2D eigenvalue weighted by Gasteiger charge is 2.38. The van der Waals surface area contributed by atoms with Crippen LogP contribution in [0.15, 0.2) is 12.1 Å². The third kappa shape index (κ3) is 3.38. The molecular formula is C14H15F3N2O3. The van der Waals surface area contributed by atoms with E-state index in [1.165, 1.54) is 0 Å². The molecule has 5 nitrogen and oxygen atoms in total. The number of rotatable bonds is 4. The largest absolute Gasteiger partial charge is 0.380 e. The van der Waals surface area contributed by atoms with E-state index in [9.17, 15) is 27.9 Å². The van der Waals surface area contributed by atoms with Gasteiger partial charge in [0.2, 0.25) is 5.91 Å². The number of aliphatic hydroxyl groups is 1. The molecule has 0 unspecified atom stereocenters. The van der Waals surface area contributed by atoms with Crippen LogP contribution in [0.3, 0.4) is 0 Å². The number of carbonyl (C=O) groups excluding carboxylic acids is 2. The Morgan fingerprint density at radius 3 is 2.41 bits per heavy atom. The highest BCUT2D eigenvalue weighted by atomic mass is 19.2. The molecule has 0 saturated heterocycles. The lowest BCUT2D eigenvalue weighted by atomic mass is 10.0. The first-order valence-electron chi connectivity index (χ1n) is 6.77. The molecule has 3 N–H and O–H groups in total. The maximum absolute atomic E-state index is 13.4. The SMILES string of the molecule is O=C(CNC(=O)C1(O)CCCC1)Nc1ccc(F)c(F)c1F. The smallest absolute Gasteiger partial charge is 0.252 e. The van der Waals surface area contributed by atoms with Crippen molar-refractivity contribution in [2.45, 2.75) is 31.3 Å². The molecule has 0 aliphatic heterocycles. The van der Waals surface area contributed by atoms with Crippen molar-refractivity contribution >= 4 is 17.5 Å². The summed E-state index contributed by atoms with van der Waals surface area (Å²) >= 11 is 0. The summed E-state index contributed by atoms with van der Waals surface area (Å²) in [6.45, 7) is -0.514. The first-order chi connectivity index (χ1) is 10.3. The van der Waals surface area contributed by atoms with Crippen molar-refractivity contribution in [1.82, 2.24) is 5.32 Å². The van der Waals surface area contributed by atoms with Gasteiger partial charge in [-0.2, -0.15) is 0 Å². The van der Waals surface area contributed by atoms with Crippen molar-refractivity contribution in [1.29, 1.82) is 0 Å². The second kappa shape index (κ2) is 6.35. The Hall–Kier alpha value is -2.09. The van der Waals surface area contributed by atoms with Gasteiger partial charge in [-0.1, -0.05) is 0 Å². The molecule has 1 fully saturated rings. The van der Waals surface area contributed by atoms with E-state index in [1.54, 1.807) is 0 Å². The van der Waals surface area contributed by atoms with Crippen LogP contribution in [-0.4, -0.2) is 29.1 Å². The summed E-state index contributed by atoms with van der Waals surface area (Å²) in [6, 6.07) is 1.55. The molecule has 0 bridgehead atoms. The summed E-state index contributed by atoms with van der Waals surface area (Å²) in [5, 5.41) is 14.2. The predicted octanol–water partition coefficient (Wildman–Crippen LogP) is 1.46. The van der Waals surface area contributed by atoms with Crippen LogP contribution < -0.4 is 10.6 Å². The number of benzene rings is 1. The molecule has 120 valence electrons. The van der Waals surface area contributed by atoms with Gasteiger partial charge in [-0.3, -0.25) is 9.59 Å². The Kier molecular flexibility index (Phi) is 4.70. The number of hydrogen-bond acceptors (Lipinski definition) is 3. The van der Waals surface area contributed by atoms with Gasteiger partial charge in [0, 0.05) is 0 Å². The highest BCUT2D eigenvalue weighted by molar-refractivity contribution is 5.96. The lowest BCUT2D eigenvalue weighted by Gasteiger charge is -2.20. The fraction of sp³-hybridized carbons (Fsp3) is 0.429. The van der Waals surface area contributed by atoms with E-state index >= 15 is 0 Å². The second-order valence-electron chi connectivity index (χ2n) is 5.19.